The van der Waals surface area contributed by atoms with Gasteiger partial charge in [0.1, 0.15) is 30.2 Å². The zero-order valence-electron chi connectivity index (χ0n) is 16.1. The van der Waals surface area contributed by atoms with Gasteiger partial charge in [-0.25, -0.2) is 0 Å². The van der Waals surface area contributed by atoms with Crippen molar-refractivity contribution < 1.29 is 35.0 Å². The molecule has 1 fully saturated rings. The number of hydrogen-bond donors (Lipinski definition) is 5. The smallest absolute Gasteiger partial charge is 0.222 e. The monoisotopic (exact) mass is 402 g/mol. The van der Waals surface area contributed by atoms with Gasteiger partial charge in [0.15, 0.2) is 0 Å². The third-order valence-electron chi connectivity index (χ3n) is 6.12. The molecule has 0 radical (unpaired) electrons. The van der Waals surface area contributed by atoms with Crippen LogP contribution in [0.1, 0.15) is 34.6 Å². The Kier molecular flexibility index (Phi) is 5.37. The first-order valence-electron chi connectivity index (χ1n) is 9.71. The summed E-state index contributed by atoms with van der Waals surface area (Å²) in [6.07, 6.45) is -4.35. The number of benzene rings is 2. The third-order valence-corrected chi connectivity index (χ3v) is 6.12. The number of aryl methyl sites for hydroxylation is 1. The molecule has 7 heteroatoms. The molecule has 29 heavy (non-hydrogen) atoms. The highest BCUT2D eigenvalue weighted by atomic mass is 16.7. The summed E-state index contributed by atoms with van der Waals surface area (Å²) in [5.74, 6) is -1.35. The molecule has 2 aromatic rings. The van der Waals surface area contributed by atoms with Gasteiger partial charge in [-0.3, -0.25) is 0 Å². The Balaban J connectivity index is 1.70. The fraction of sp³-hybridized carbons (Fsp3) is 0.455. The second-order valence-corrected chi connectivity index (χ2v) is 7.74. The molecule has 6 atom stereocenters. The van der Waals surface area contributed by atoms with Crippen LogP contribution in [0, 0.1) is 0 Å². The van der Waals surface area contributed by atoms with Crippen LogP contribution in [0.15, 0.2) is 42.5 Å². The van der Waals surface area contributed by atoms with Crippen molar-refractivity contribution in [2.75, 3.05) is 13.7 Å². The van der Waals surface area contributed by atoms with Crippen LogP contribution in [0.5, 0.6) is 5.75 Å². The van der Waals surface area contributed by atoms with Crippen LogP contribution in [-0.4, -0.2) is 63.7 Å². The van der Waals surface area contributed by atoms with Gasteiger partial charge in [0.25, 0.3) is 0 Å². The van der Waals surface area contributed by atoms with Crippen LogP contribution >= 0.6 is 0 Å². The minimum atomic E-state index is -2.24. The number of methoxy groups -OCH3 is 1. The molecule has 4 rings (SSSR count). The number of ether oxygens (including phenoxy) is 2. The summed E-state index contributed by atoms with van der Waals surface area (Å²) >= 11 is 0. The van der Waals surface area contributed by atoms with E-state index in [9.17, 15) is 25.5 Å². The Morgan fingerprint density at radius 1 is 1.07 bits per heavy atom. The predicted molar refractivity (Wildman–Crippen MR) is 103 cm³/mol. The van der Waals surface area contributed by atoms with Crippen molar-refractivity contribution in [3.8, 4) is 5.75 Å². The van der Waals surface area contributed by atoms with E-state index in [-0.39, 0.29) is 11.5 Å². The molecule has 1 saturated heterocycles. The Labute approximate surface area is 168 Å². The van der Waals surface area contributed by atoms with Crippen molar-refractivity contribution in [1.29, 1.82) is 0 Å². The van der Waals surface area contributed by atoms with Crippen LogP contribution in [0.4, 0.5) is 0 Å². The van der Waals surface area contributed by atoms with E-state index in [1.54, 1.807) is 19.2 Å². The third kappa shape index (κ3) is 3.34. The summed E-state index contributed by atoms with van der Waals surface area (Å²) in [5, 5.41) is 51.1. The van der Waals surface area contributed by atoms with E-state index in [0.29, 0.717) is 0 Å². The molecular formula is C22H26O7. The van der Waals surface area contributed by atoms with Crippen LogP contribution in [0.25, 0.3) is 0 Å². The molecule has 0 aromatic heterocycles. The minimum Gasteiger partial charge on any atom is -0.497 e. The molecule has 0 amide bonds. The van der Waals surface area contributed by atoms with Crippen LogP contribution in [-0.2, 0) is 16.9 Å². The molecule has 7 nitrogen and oxygen atoms in total. The van der Waals surface area contributed by atoms with Gasteiger partial charge < -0.3 is 35.0 Å². The zero-order valence-corrected chi connectivity index (χ0v) is 16.1. The zero-order chi connectivity index (χ0) is 20.8. The lowest BCUT2D eigenvalue weighted by atomic mass is 9.85. The van der Waals surface area contributed by atoms with E-state index in [1.807, 2.05) is 30.3 Å². The van der Waals surface area contributed by atoms with Crippen molar-refractivity contribution in [2.24, 2.45) is 0 Å². The van der Waals surface area contributed by atoms with Crippen LogP contribution < -0.4 is 4.74 Å². The quantitative estimate of drug-likeness (QED) is 0.502. The first-order chi connectivity index (χ1) is 13.9. The summed E-state index contributed by atoms with van der Waals surface area (Å²) in [5.41, 5.74) is 3.54. The van der Waals surface area contributed by atoms with Crippen LogP contribution in [0.3, 0.4) is 0 Å². The van der Waals surface area contributed by atoms with Crippen LogP contribution in [0.2, 0.25) is 0 Å². The summed E-state index contributed by atoms with van der Waals surface area (Å²) in [6, 6.07) is 13.1. The van der Waals surface area contributed by atoms with Crippen molar-refractivity contribution in [1.82, 2.24) is 0 Å². The molecule has 1 heterocycles. The van der Waals surface area contributed by atoms with Crippen molar-refractivity contribution in [3.63, 3.8) is 0 Å². The normalized spacial score (nSPS) is 34.1. The average molecular weight is 402 g/mol. The first-order valence-corrected chi connectivity index (χ1v) is 9.71. The van der Waals surface area contributed by atoms with Gasteiger partial charge in [-0.15, -0.1) is 0 Å². The number of aliphatic hydroxyl groups excluding tert-OH is 4. The summed E-state index contributed by atoms with van der Waals surface area (Å²) < 4.78 is 10.7. The molecule has 0 unspecified atom stereocenters. The van der Waals surface area contributed by atoms with E-state index in [0.717, 1.165) is 35.3 Å². The Morgan fingerprint density at radius 3 is 2.45 bits per heavy atom. The number of rotatable bonds is 4. The number of fused-ring (bicyclic) bond motifs is 1. The molecule has 0 saturated carbocycles. The van der Waals surface area contributed by atoms with E-state index in [4.69, 9.17) is 9.47 Å². The molecule has 2 aromatic carbocycles. The highest BCUT2D eigenvalue weighted by Gasteiger charge is 2.53. The standard InChI is InChI=1S/C22H26O7/c1-28-15-7-3-12(4-8-15)16-9-5-13-2-6-14(10-17(13)16)22(27)21(26)20(25)19(24)18(11-23)29-22/h2-4,6-8,10,16,18-21,23-27H,5,9,11H2,1H3/t16-,18+,19+,20-,21+,22-/m0/s1. The van der Waals surface area contributed by atoms with Crippen molar-refractivity contribution in [2.45, 2.75) is 49.0 Å². The Bertz CT molecular complexity index is 866. The lowest BCUT2D eigenvalue weighted by Crippen LogP contribution is -2.63. The highest BCUT2D eigenvalue weighted by Crippen LogP contribution is 2.43. The van der Waals surface area contributed by atoms with Crippen molar-refractivity contribution >= 4 is 0 Å². The van der Waals surface area contributed by atoms with E-state index < -0.39 is 36.8 Å². The molecule has 0 spiro atoms. The average Bonchev–Trinajstić information content (AvgIpc) is 3.18. The SMILES string of the molecule is COc1ccc([C@@H]2CCc3ccc([C@]4(O)O[C@H](CO)[C@@H](O)[C@H](O)[C@H]4O)cc32)cc1. The Hall–Kier alpha value is -2.00. The lowest BCUT2D eigenvalue weighted by molar-refractivity contribution is -0.357. The van der Waals surface area contributed by atoms with Gasteiger partial charge in [0, 0.05) is 11.5 Å². The molecule has 5 N–H and O–H groups in total. The van der Waals surface area contributed by atoms with E-state index in [2.05, 4.69) is 0 Å². The molecular weight excluding hydrogens is 376 g/mol. The largest absolute Gasteiger partial charge is 0.497 e. The molecule has 2 aliphatic rings. The fourth-order valence-electron chi connectivity index (χ4n) is 4.40. The Morgan fingerprint density at radius 2 is 1.79 bits per heavy atom. The minimum absolute atomic E-state index is 0.115. The highest BCUT2D eigenvalue weighted by molar-refractivity contribution is 5.46. The maximum Gasteiger partial charge on any atom is 0.222 e. The second kappa shape index (κ2) is 7.68. The molecule has 0 bridgehead atoms. The van der Waals surface area contributed by atoms with Gasteiger partial charge in [-0.05, 0) is 47.7 Å². The van der Waals surface area contributed by atoms with Gasteiger partial charge in [0.05, 0.1) is 13.7 Å². The molecule has 1 aliphatic carbocycles. The summed E-state index contributed by atoms with van der Waals surface area (Å²) in [6.45, 7) is -0.604. The summed E-state index contributed by atoms with van der Waals surface area (Å²) in [4.78, 5) is 0. The van der Waals surface area contributed by atoms with Gasteiger partial charge in [0.2, 0.25) is 5.79 Å². The summed E-state index contributed by atoms with van der Waals surface area (Å²) in [7, 11) is 1.62. The fourth-order valence-corrected chi connectivity index (χ4v) is 4.40. The van der Waals surface area contributed by atoms with Gasteiger partial charge >= 0.3 is 0 Å². The number of aliphatic hydroxyl groups is 5. The maximum atomic E-state index is 11.1. The second-order valence-electron chi connectivity index (χ2n) is 7.74. The number of hydrogen-bond acceptors (Lipinski definition) is 7. The lowest BCUT2D eigenvalue weighted by Gasteiger charge is -2.45. The molecule has 156 valence electrons. The predicted octanol–water partition coefficient (Wildman–Crippen LogP) is 0.392. The maximum absolute atomic E-state index is 11.1. The van der Waals surface area contributed by atoms with Gasteiger partial charge in [-0.2, -0.15) is 0 Å². The van der Waals surface area contributed by atoms with E-state index >= 15 is 0 Å². The van der Waals surface area contributed by atoms with Gasteiger partial charge in [-0.1, -0.05) is 24.3 Å². The van der Waals surface area contributed by atoms with E-state index in [1.165, 1.54) is 0 Å². The molecule has 1 aliphatic heterocycles. The van der Waals surface area contributed by atoms with Crippen molar-refractivity contribution in [3.05, 3.63) is 64.7 Å². The first kappa shape index (κ1) is 20.3. The topological polar surface area (TPSA) is 120 Å².